The second-order valence-electron chi connectivity index (χ2n) is 6.03. The molecule has 24 heavy (non-hydrogen) atoms. The summed E-state index contributed by atoms with van der Waals surface area (Å²) in [5, 5.41) is 0. The first kappa shape index (κ1) is 15.3. The molecule has 6 nitrogen and oxygen atoms in total. The van der Waals surface area contributed by atoms with Crippen molar-refractivity contribution in [1.82, 2.24) is 9.29 Å². The average Bonchev–Trinajstić information content (AvgIpc) is 3.08. The van der Waals surface area contributed by atoms with Gasteiger partial charge in [0.15, 0.2) is 0 Å². The standard InChI is InChI=1S/C17H17N3O3S/c21-17-15-7-4-10-20(15)24(22,23)16-8-2-1-6-14(16)19(17)12-13-5-3-9-18-11-13/h1-3,5-6,8-9,11,15H,4,7,10,12H2/t15-/m1/s1. The van der Waals surface area contributed by atoms with Crippen molar-refractivity contribution in [2.75, 3.05) is 11.4 Å². The van der Waals surface area contributed by atoms with E-state index in [1.807, 2.05) is 12.1 Å². The third-order valence-corrected chi connectivity index (χ3v) is 6.52. The van der Waals surface area contributed by atoms with Crippen LogP contribution in [0.3, 0.4) is 0 Å². The number of amides is 1. The number of para-hydroxylation sites is 1. The molecule has 1 aromatic heterocycles. The summed E-state index contributed by atoms with van der Waals surface area (Å²) in [6, 6.07) is 9.81. The van der Waals surface area contributed by atoms with E-state index in [2.05, 4.69) is 4.98 Å². The van der Waals surface area contributed by atoms with Gasteiger partial charge in [-0.05, 0) is 36.6 Å². The number of carbonyl (C=O) groups excluding carboxylic acids is 1. The van der Waals surface area contributed by atoms with Crippen LogP contribution in [0.5, 0.6) is 0 Å². The Labute approximate surface area is 140 Å². The lowest BCUT2D eigenvalue weighted by Crippen LogP contribution is -2.44. The highest BCUT2D eigenvalue weighted by molar-refractivity contribution is 7.89. The molecular weight excluding hydrogens is 326 g/mol. The van der Waals surface area contributed by atoms with Gasteiger partial charge in [-0.15, -0.1) is 0 Å². The van der Waals surface area contributed by atoms with E-state index in [0.717, 1.165) is 5.56 Å². The summed E-state index contributed by atoms with van der Waals surface area (Å²) < 4.78 is 27.3. The lowest BCUT2D eigenvalue weighted by molar-refractivity contribution is -0.121. The number of anilines is 1. The maximum Gasteiger partial charge on any atom is 0.245 e. The number of nitrogens with zero attached hydrogens (tertiary/aromatic N) is 3. The summed E-state index contributed by atoms with van der Waals surface area (Å²) >= 11 is 0. The van der Waals surface area contributed by atoms with Crippen molar-refractivity contribution in [3.05, 3.63) is 54.4 Å². The number of benzene rings is 1. The fourth-order valence-electron chi connectivity index (χ4n) is 3.44. The van der Waals surface area contributed by atoms with Crippen LogP contribution in [-0.4, -0.2) is 36.2 Å². The van der Waals surface area contributed by atoms with E-state index >= 15 is 0 Å². The zero-order chi connectivity index (χ0) is 16.7. The molecule has 1 aromatic carbocycles. The molecule has 7 heteroatoms. The van der Waals surface area contributed by atoms with Gasteiger partial charge in [0.25, 0.3) is 0 Å². The summed E-state index contributed by atoms with van der Waals surface area (Å²) in [6.07, 6.45) is 4.64. The van der Waals surface area contributed by atoms with E-state index in [9.17, 15) is 13.2 Å². The molecular formula is C17H17N3O3S. The van der Waals surface area contributed by atoms with Crippen molar-refractivity contribution in [1.29, 1.82) is 0 Å². The Morgan fingerprint density at radius 2 is 2.00 bits per heavy atom. The quantitative estimate of drug-likeness (QED) is 0.833. The van der Waals surface area contributed by atoms with Crippen LogP contribution >= 0.6 is 0 Å². The van der Waals surface area contributed by atoms with E-state index in [1.165, 1.54) is 4.31 Å². The first-order chi connectivity index (χ1) is 11.6. The van der Waals surface area contributed by atoms with E-state index in [4.69, 9.17) is 0 Å². The maximum atomic E-state index is 13.1. The highest BCUT2D eigenvalue weighted by Gasteiger charge is 2.45. The van der Waals surface area contributed by atoms with Crippen molar-refractivity contribution >= 4 is 21.6 Å². The summed E-state index contributed by atoms with van der Waals surface area (Å²) in [6.45, 7) is 0.706. The predicted molar refractivity (Wildman–Crippen MR) is 88.8 cm³/mol. The van der Waals surface area contributed by atoms with E-state index in [-0.39, 0.29) is 10.8 Å². The molecule has 2 aliphatic heterocycles. The van der Waals surface area contributed by atoms with Crippen LogP contribution in [0.15, 0.2) is 53.7 Å². The zero-order valence-corrected chi connectivity index (χ0v) is 13.8. The van der Waals surface area contributed by atoms with Gasteiger partial charge < -0.3 is 4.90 Å². The molecule has 0 aliphatic carbocycles. The number of carbonyl (C=O) groups is 1. The minimum Gasteiger partial charge on any atom is -0.305 e. The SMILES string of the molecule is O=C1[C@H]2CCCN2S(=O)(=O)c2ccccc2N1Cc1cccnc1. The normalized spacial score (nSPS) is 22.8. The topological polar surface area (TPSA) is 70.6 Å². The van der Waals surface area contributed by atoms with E-state index < -0.39 is 16.1 Å². The molecule has 2 aromatic rings. The van der Waals surface area contributed by atoms with E-state index in [1.54, 1.807) is 41.6 Å². The lowest BCUT2D eigenvalue weighted by atomic mass is 10.1. The molecule has 1 fully saturated rings. The van der Waals surface area contributed by atoms with Crippen LogP contribution in [0.4, 0.5) is 5.69 Å². The third-order valence-electron chi connectivity index (χ3n) is 4.56. The Bertz CT molecular complexity index is 883. The summed E-state index contributed by atoms with van der Waals surface area (Å²) in [7, 11) is -3.66. The first-order valence-corrected chi connectivity index (χ1v) is 9.34. The second-order valence-corrected chi connectivity index (χ2v) is 7.89. The fraction of sp³-hybridized carbons (Fsp3) is 0.294. The van der Waals surface area contributed by atoms with Crippen molar-refractivity contribution < 1.29 is 13.2 Å². The highest BCUT2D eigenvalue weighted by atomic mass is 32.2. The van der Waals surface area contributed by atoms with Crippen LogP contribution in [0, 0.1) is 0 Å². The monoisotopic (exact) mass is 343 g/mol. The minimum absolute atomic E-state index is 0.162. The number of sulfonamides is 1. The van der Waals surface area contributed by atoms with Gasteiger partial charge in [0.2, 0.25) is 15.9 Å². The number of rotatable bonds is 2. The van der Waals surface area contributed by atoms with E-state index in [0.29, 0.717) is 31.6 Å². The number of aromatic nitrogens is 1. The molecule has 0 spiro atoms. The van der Waals surface area contributed by atoms with Crippen molar-refractivity contribution in [2.24, 2.45) is 0 Å². The van der Waals surface area contributed by atoms with Crippen LogP contribution in [-0.2, 0) is 21.4 Å². The molecule has 3 heterocycles. The molecule has 0 radical (unpaired) electrons. The van der Waals surface area contributed by atoms with Gasteiger partial charge in [0, 0.05) is 18.9 Å². The molecule has 1 amide bonds. The Hall–Kier alpha value is -2.25. The Balaban J connectivity index is 1.87. The van der Waals surface area contributed by atoms with Gasteiger partial charge in [0.05, 0.1) is 12.2 Å². The van der Waals surface area contributed by atoms with Crippen LogP contribution in [0.2, 0.25) is 0 Å². The zero-order valence-electron chi connectivity index (χ0n) is 13.0. The highest BCUT2D eigenvalue weighted by Crippen LogP contribution is 2.37. The maximum absolute atomic E-state index is 13.1. The van der Waals surface area contributed by atoms with Gasteiger partial charge >= 0.3 is 0 Å². The largest absolute Gasteiger partial charge is 0.305 e. The Morgan fingerprint density at radius 1 is 1.17 bits per heavy atom. The number of hydrogen-bond acceptors (Lipinski definition) is 4. The number of hydrogen-bond donors (Lipinski definition) is 0. The minimum atomic E-state index is -3.66. The first-order valence-electron chi connectivity index (χ1n) is 7.90. The number of pyridine rings is 1. The van der Waals surface area contributed by atoms with Gasteiger partial charge in [-0.2, -0.15) is 4.31 Å². The molecule has 0 bridgehead atoms. The molecule has 1 atom stereocenters. The second kappa shape index (κ2) is 5.68. The number of fused-ring (bicyclic) bond motifs is 2. The molecule has 2 aliphatic rings. The summed E-state index contributed by atoms with van der Waals surface area (Å²) in [5.74, 6) is -0.162. The molecule has 4 rings (SSSR count). The van der Waals surface area contributed by atoms with Crippen LogP contribution in [0.1, 0.15) is 18.4 Å². The summed E-state index contributed by atoms with van der Waals surface area (Å²) in [4.78, 5) is 18.9. The molecule has 0 N–H and O–H groups in total. The van der Waals surface area contributed by atoms with Gasteiger partial charge in [-0.1, -0.05) is 18.2 Å². The molecule has 1 saturated heterocycles. The predicted octanol–water partition coefficient (Wildman–Crippen LogP) is 1.78. The molecule has 0 saturated carbocycles. The summed E-state index contributed by atoms with van der Waals surface area (Å²) in [5.41, 5.74) is 1.31. The van der Waals surface area contributed by atoms with Crippen molar-refractivity contribution in [3.63, 3.8) is 0 Å². The average molecular weight is 343 g/mol. The third kappa shape index (κ3) is 2.32. The Morgan fingerprint density at radius 3 is 2.79 bits per heavy atom. The van der Waals surface area contributed by atoms with Crippen LogP contribution in [0.25, 0.3) is 0 Å². The van der Waals surface area contributed by atoms with Gasteiger partial charge in [-0.3, -0.25) is 9.78 Å². The smallest absolute Gasteiger partial charge is 0.245 e. The van der Waals surface area contributed by atoms with Gasteiger partial charge in [0.1, 0.15) is 10.9 Å². The molecule has 0 unspecified atom stereocenters. The lowest BCUT2D eigenvalue weighted by Gasteiger charge is -2.25. The van der Waals surface area contributed by atoms with Crippen LogP contribution < -0.4 is 4.90 Å². The van der Waals surface area contributed by atoms with Crippen molar-refractivity contribution in [2.45, 2.75) is 30.3 Å². The molecule has 124 valence electrons. The van der Waals surface area contributed by atoms with Crippen molar-refractivity contribution in [3.8, 4) is 0 Å². The van der Waals surface area contributed by atoms with Gasteiger partial charge in [-0.25, -0.2) is 8.42 Å². The fourth-order valence-corrected chi connectivity index (χ4v) is 5.28. The Kier molecular flexibility index (Phi) is 3.62.